The van der Waals surface area contributed by atoms with Crippen molar-refractivity contribution in [2.24, 2.45) is 0 Å². The molecule has 4 heteroatoms. The van der Waals surface area contributed by atoms with Crippen molar-refractivity contribution in [2.75, 3.05) is 6.54 Å². The number of amides is 1. The highest BCUT2D eigenvalue weighted by molar-refractivity contribution is 9.10. The Bertz CT molecular complexity index is 178. The molecular formula is C8H14BrNO2. The molecule has 1 atom stereocenters. The second-order valence-electron chi connectivity index (χ2n) is 3.38. The Labute approximate surface area is 80.7 Å². The van der Waals surface area contributed by atoms with E-state index in [1.165, 1.54) is 0 Å². The molecule has 0 aromatic rings. The fourth-order valence-electron chi connectivity index (χ4n) is 1.11. The SMILES string of the molecule is CC(O)CNC(=O)C1(Br)CCC1. The van der Waals surface area contributed by atoms with E-state index in [0.717, 1.165) is 19.3 Å². The van der Waals surface area contributed by atoms with Crippen molar-refractivity contribution in [1.29, 1.82) is 0 Å². The Morgan fingerprint density at radius 2 is 2.33 bits per heavy atom. The minimum Gasteiger partial charge on any atom is -0.392 e. The number of hydrogen-bond donors (Lipinski definition) is 2. The lowest BCUT2D eigenvalue weighted by molar-refractivity contribution is -0.125. The van der Waals surface area contributed by atoms with Crippen LogP contribution in [0.25, 0.3) is 0 Å². The van der Waals surface area contributed by atoms with Crippen molar-refractivity contribution in [3.05, 3.63) is 0 Å². The predicted octanol–water partition coefficient (Wildman–Crippen LogP) is 0.801. The summed E-state index contributed by atoms with van der Waals surface area (Å²) in [6.07, 6.45) is 2.44. The van der Waals surface area contributed by atoms with Gasteiger partial charge in [-0.15, -0.1) is 0 Å². The van der Waals surface area contributed by atoms with E-state index in [1.54, 1.807) is 6.92 Å². The highest BCUT2D eigenvalue weighted by Crippen LogP contribution is 2.40. The summed E-state index contributed by atoms with van der Waals surface area (Å²) >= 11 is 3.39. The van der Waals surface area contributed by atoms with E-state index in [-0.39, 0.29) is 10.2 Å². The minimum atomic E-state index is -0.467. The zero-order chi connectivity index (χ0) is 9.19. The smallest absolute Gasteiger partial charge is 0.236 e. The van der Waals surface area contributed by atoms with Crippen LogP contribution in [0.3, 0.4) is 0 Å². The van der Waals surface area contributed by atoms with Crippen LogP contribution in [-0.2, 0) is 4.79 Å². The highest BCUT2D eigenvalue weighted by atomic mass is 79.9. The van der Waals surface area contributed by atoms with Crippen LogP contribution in [0.1, 0.15) is 26.2 Å². The number of halogens is 1. The molecule has 1 saturated carbocycles. The molecule has 70 valence electrons. The first-order chi connectivity index (χ1) is 5.54. The maximum absolute atomic E-state index is 11.4. The Kier molecular flexibility index (Phi) is 3.12. The molecule has 0 spiro atoms. The van der Waals surface area contributed by atoms with Gasteiger partial charge in [0.15, 0.2) is 0 Å². The van der Waals surface area contributed by atoms with E-state index < -0.39 is 6.10 Å². The maximum atomic E-state index is 11.4. The van der Waals surface area contributed by atoms with Gasteiger partial charge in [-0.1, -0.05) is 15.9 Å². The third-order valence-electron chi connectivity index (χ3n) is 2.11. The first-order valence-electron chi connectivity index (χ1n) is 4.20. The molecular weight excluding hydrogens is 222 g/mol. The molecule has 0 aromatic carbocycles. The first-order valence-corrected chi connectivity index (χ1v) is 4.99. The van der Waals surface area contributed by atoms with Gasteiger partial charge in [0.1, 0.15) is 4.32 Å². The second kappa shape index (κ2) is 3.75. The van der Waals surface area contributed by atoms with E-state index in [1.807, 2.05) is 0 Å². The van der Waals surface area contributed by atoms with Crippen LogP contribution in [-0.4, -0.2) is 28.0 Å². The van der Waals surface area contributed by atoms with Crippen molar-refractivity contribution in [3.63, 3.8) is 0 Å². The number of hydrogen-bond acceptors (Lipinski definition) is 2. The maximum Gasteiger partial charge on any atom is 0.236 e. The number of carbonyl (C=O) groups is 1. The summed E-state index contributed by atoms with van der Waals surface area (Å²) in [4.78, 5) is 11.4. The van der Waals surface area contributed by atoms with Crippen molar-refractivity contribution < 1.29 is 9.90 Å². The molecule has 1 unspecified atom stereocenters. The van der Waals surface area contributed by atoms with Gasteiger partial charge < -0.3 is 10.4 Å². The standard InChI is InChI=1S/C8H14BrNO2/c1-6(11)5-10-7(12)8(9)3-2-4-8/h6,11H,2-5H2,1H3,(H,10,12). The van der Waals surface area contributed by atoms with E-state index in [2.05, 4.69) is 21.2 Å². The molecule has 0 heterocycles. The predicted molar refractivity (Wildman–Crippen MR) is 50.2 cm³/mol. The molecule has 1 fully saturated rings. The summed E-state index contributed by atoms with van der Waals surface area (Å²) in [5.41, 5.74) is 0. The zero-order valence-electron chi connectivity index (χ0n) is 7.14. The average molecular weight is 236 g/mol. The Morgan fingerprint density at radius 1 is 1.75 bits per heavy atom. The van der Waals surface area contributed by atoms with Crippen molar-refractivity contribution in [2.45, 2.75) is 36.6 Å². The molecule has 2 N–H and O–H groups in total. The summed E-state index contributed by atoms with van der Waals surface area (Å²) in [6.45, 7) is 1.99. The van der Waals surface area contributed by atoms with Gasteiger partial charge in [0.25, 0.3) is 0 Å². The quantitative estimate of drug-likeness (QED) is 0.712. The van der Waals surface area contributed by atoms with Crippen LogP contribution in [0, 0.1) is 0 Å². The average Bonchev–Trinajstić information content (AvgIpc) is 1.95. The molecule has 12 heavy (non-hydrogen) atoms. The molecule has 0 radical (unpaired) electrons. The lowest BCUT2D eigenvalue weighted by Gasteiger charge is -2.34. The van der Waals surface area contributed by atoms with E-state index in [0.29, 0.717) is 6.54 Å². The van der Waals surface area contributed by atoms with Crippen LogP contribution in [0.5, 0.6) is 0 Å². The minimum absolute atomic E-state index is 0.00894. The first kappa shape index (κ1) is 9.99. The van der Waals surface area contributed by atoms with Gasteiger partial charge >= 0.3 is 0 Å². The van der Waals surface area contributed by atoms with Crippen LogP contribution >= 0.6 is 15.9 Å². The van der Waals surface area contributed by atoms with Gasteiger partial charge in [-0.25, -0.2) is 0 Å². The van der Waals surface area contributed by atoms with Gasteiger partial charge in [-0.05, 0) is 26.2 Å². The molecule has 0 saturated heterocycles. The number of aliphatic hydroxyl groups excluding tert-OH is 1. The van der Waals surface area contributed by atoms with Crippen molar-refractivity contribution in [1.82, 2.24) is 5.32 Å². The summed E-state index contributed by atoms with van der Waals surface area (Å²) < 4.78 is -0.331. The number of nitrogens with one attached hydrogen (secondary N) is 1. The van der Waals surface area contributed by atoms with Crippen molar-refractivity contribution in [3.8, 4) is 0 Å². The molecule has 1 amide bonds. The topological polar surface area (TPSA) is 49.3 Å². The largest absolute Gasteiger partial charge is 0.392 e. The van der Waals surface area contributed by atoms with E-state index >= 15 is 0 Å². The molecule has 1 rings (SSSR count). The van der Waals surface area contributed by atoms with Crippen LogP contribution in [0.4, 0.5) is 0 Å². The highest BCUT2D eigenvalue weighted by Gasteiger charge is 2.41. The second-order valence-corrected chi connectivity index (χ2v) is 4.90. The van der Waals surface area contributed by atoms with Crippen molar-refractivity contribution >= 4 is 21.8 Å². The van der Waals surface area contributed by atoms with E-state index in [4.69, 9.17) is 5.11 Å². The van der Waals surface area contributed by atoms with E-state index in [9.17, 15) is 4.79 Å². The zero-order valence-corrected chi connectivity index (χ0v) is 8.73. The fraction of sp³-hybridized carbons (Fsp3) is 0.875. The fourth-order valence-corrected chi connectivity index (χ4v) is 1.81. The summed E-state index contributed by atoms with van der Waals surface area (Å²) in [5.74, 6) is 0.00894. The Hall–Kier alpha value is -0.0900. The Balaban J connectivity index is 2.28. The summed E-state index contributed by atoms with van der Waals surface area (Å²) in [5, 5.41) is 11.6. The number of aliphatic hydroxyl groups is 1. The van der Waals surface area contributed by atoms with Gasteiger partial charge in [-0.3, -0.25) is 4.79 Å². The van der Waals surface area contributed by atoms with Gasteiger partial charge in [-0.2, -0.15) is 0 Å². The van der Waals surface area contributed by atoms with Gasteiger partial charge in [0, 0.05) is 6.54 Å². The summed E-state index contributed by atoms with van der Waals surface area (Å²) in [7, 11) is 0. The molecule has 3 nitrogen and oxygen atoms in total. The molecule has 0 aliphatic heterocycles. The molecule has 0 bridgehead atoms. The van der Waals surface area contributed by atoms with Crippen LogP contribution in [0.15, 0.2) is 0 Å². The normalized spacial score (nSPS) is 22.6. The molecule has 1 aliphatic carbocycles. The monoisotopic (exact) mass is 235 g/mol. The number of alkyl halides is 1. The third kappa shape index (κ3) is 2.20. The van der Waals surface area contributed by atoms with Gasteiger partial charge in [0.05, 0.1) is 6.10 Å². The van der Waals surface area contributed by atoms with Gasteiger partial charge in [0.2, 0.25) is 5.91 Å². The Morgan fingerprint density at radius 3 is 2.67 bits per heavy atom. The van der Waals surface area contributed by atoms with Crippen LogP contribution in [0.2, 0.25) is 0 Å². The molecule has 0 aromatic heterocycles. The van der Waals surface area contributed by atoms with Crippen LogP contribution < -0.4 is 5.32 Å². The molecule has 1 aliphatic rings. The number of rotatable bonds is 3. The number of carbonyl (C=O) groups excluding carboxylic acids is 1. The third-order valence-corrected chi connectivity index (χ3v) is 3.26. The lowest BCUT2D eigenvalue weighted by atomic mass is 9.84. The summed E-state index contributed by atoms with van der Waals surface area (Å²) in [6, 6.07) is 0. The lowest BCUT2D eigenvalue weighted by Crippen LogP contribution is -2.48.